The van der Waals surface area contributed by atoms with E-state index in [1.54, 1.807) is 19.1 Å². The average Bonchev–Trinajstić information content (AvgIpc) is 2.94. The number of nitrogens with one attached hydrogen (secondary N) is 2. The van der Waals surface area contributed by atoms with Gasteiger partial charge in [-0.1, -0.05) is 17.7 Å². The van der Waals surface area contributed by atoms with Gasteiger partial charge in [-0.05, 0) is 44.4 Å². The largest absolute Gasteiger partial charge is 0.455 e. The molecule has 0 unspecified atom stereocenters. The number of anilines is 1. The van der Waals surface area contributed by atoms with Gasteiger partial charge >= 0.3 is 6.03 Å². The number of hydrogen-bond donors (Lipinski definition) is 3. The molecule has 1 heterocycles. The molecule has 0 bridgehead atoms. The van der Waals surface area contributed by atoms with Gasteiger partial charge in [0.2, 0.25) is 0 Å². The molecule has 4 N–H and O–H groups in total. The van der Waals surface area contributed by atoms with Crippen LogP contribution in [0.2, 0.25) is 5.02 Å². The highest BCUT2D eigenvalue weighted by Gasteiger charge is 2.28. The predicted octanol–water partition coefficient (Wildman–Crippen LogP) is 3.51. The second-order valence-electron chi connectivity index (χ2n) is 6.16. The number of urea groups is 1. The van der Waals surface area contributed by atoms with E-state index in [4.69, 9.17) is 21.8 Å². The molecule has 0 spiro atoms. The number of hydrazone groups is 1. The van der Waals surface area contributed by atoms with Crippen molar-refractivity contribution in [2.75, 3.05) is 5.32 Å². The first kappa shape index (κ1) is 18.0. The lowest BCUT2D eigenvalue weighted by Gasteiger charge is -2.13. The van der Waals surface area contributed by atoms with Gasteiger partial charge in [-0.15, -0.1) is 0 Å². The van der Waals surface area contributed by atoms with E-state index in [2.05, 4.69) is 15.8 Å². The molecule has 1 aromatic carbocycles. The molecule has 0 atom stereocenters. The normalized spacial score (nSPS) is 14.8. The molecule has 3 amide bonds. The number of furan rings is 1. The number of carbonyl (C=O) groups is 2. The Labute approximate surface area is 155 Å². The van der Waals surface area contributed by atoms with Gasteiger partial charge in [0.15, 0.2) is 5.76 Å². The highest BCUT2D eigenvalue weighted by Crippen LogP contribution is 2.30. The number of nitrogens with two attached hydrogens (primary N) is 1. The topological polar surface area (TPSA) is 110 Å². The van der Waals surface area contributed by atoms with Crippen LogP contribution in [0.1, 0.15) is 45.8 Å². The molecule has 26 heavy (non-hydrogen) atoms. The van der Waals surface area contributed by atoms with Crippen LogP contribution < -0.4 is 16.5 Å². The summed E-state index contributed by atoms with van der Waals surface area (Å²) in [5.41, 5.74) is 10.9. The Kier molecular flexibility index (Phi) is 4.99. The Bertz CT molecular complexity index is 917. The molecule has 2 aromatic rings. The van der Waals surface area contributed by atoms with Crippen LogP contribution in [0.5, 0.6) is 0 Å². The zero-order valence-corrected chi connectivity index (χ0v) is 15.2. The van der Waals surface area contributed by atoms with Crippen molar-refractivity contribution in [3.05, 3.63) is 51.4 Å². The van der Waals surface area contributed by atoms with Crippen molar-refractivity contribution < 1.29 is 14.0 Å². The summed E-state index contributed by atoms with van der Waals surface area (Å²) in [5, 5.41) is 7.41. The fourth-order valence-electron chi connectivity index (χ4n) is 2.98. The number of amides is 3. The first-order valence-corrected chi connectivity index (χ1v) is 8.56. The minimum atomic E-state index is -0.736. The molecular formula is C18H19ClN4O3. The minimum Gasteiger partial charge on any atom is -0.455 e. The van der Waals surface area contributed by atoms with E-state index >= 15 is 0 Å². The average molecular weight is 375 g/mol. The number of hydrogen-bond acceptors (Lipinski definition) is 4. The maximum Gasteiger partial charge on any atom is 0.332 e. The lowest BCUT2D eigenvalue weighted by Crippen LogP contribution is -2.27. The van der Waals surface area contributed by atoms with Gasteiger partial charge in [0.05, 0.1) is 5.71 Å². The molecule has 7 nitrogen and oxygen atoms in total. The van der Waals surface area contributed by atoms with Crippen LogP contribution in [-0.2, 0) is 6.42 Å². The van der Waals surface area contributed by atoms with Gasteiger partial charge in [-0.3, -0.25) is 4.79 Å². The number of nitrogens with zero attached hydrogens (tertiary/aromatic N) is 1. The van der Waals surface area contributed by atoms with Crippen molar-refractivity contribution in [3.8, 4) is 0 Å². The molecule has 0 radical (unpaired) electrons. The summed E-state index contributed by atoms with van der Waals surface area (Å²) < 4.78 is 5.79. The Hall–Kier alpha value is -2.80. The highest BCUT2D eigenvalue weighted by atomic mass is 35.5. The van der Waals surface area contributed by atoms with Gasteiger partial charge in [-0.2, -0.15) is 5.10 Å². The Morgan fingerprint density at radius 3 is 2.73 bits per heavy atom. The van der Waals surface area contributed by atoms with Crippen LogP contribution in [0, 0.1) is 13.8 Å². The summed E-state index contributed by atoms with van der Waals surface area (Å²) in [6.45, 7) is 3.68. The third-order valence-corrected chi connectivity index (χ3v) is 4.67. The van der Waals surface area contributed by atoms with Crippen LogP contribution in [0.15, 0.2) is 27.7 Å². The lowest BCUT2D eigenvalue weighted by atomic mass is 9.93. The highest BCUT2D eigenvalue weighted by molar-refractivity contribution is 6.31. The summed E-state index contributed by atoms with van der Waals surface area (Å²) in [4.78, 5) is 23.6. The number of fused-ring (bicyclic) bond motifs is 1. The van der Waals surface area contributed by atoms with Crippen LogP contribution in [0.4, 0.5) is 10.5 Å². The maximum atomic E-state index is 12.6. The summed E-state index contributed by atoms with van der Waals surface area (Å²) in [5.74, 6) is 0.547. The first-order valence-electron chi connectivity index (χ1n) is 8.19. The smallest absolute Gasteiger partial charge is 0.332 e. The van der Waals surface area contributed by atoms with Gasteiger partial charge in [0.1, 0.15) is 5.76 Å². The summed E-state index contributed by atoms with van der Waals surface area (Å²) in [6.07, 6.45) is 2.19. The summed E-state index contributed by atoms with van der Waals surface area (Å²) in [7, 11) is 0. The minimum absolute atomic E-state index is 0.223. The number of carbonyl (C=O) groups excluding carboxylic acids is 2. The number of primary amides is 1. The molecule has 0 aliphatic heterocycles. The third kappa shape index (κ3) is 3.57. The molecule has 136 valence electrons. The molecule has 1 aromatic heterocycles. The van der Waals surface area contributed by atoms with E-state index in [1.165, 1.54) is 0 Å². The molecule has 1 aliphatic carbocycles. The van der Waals surface area contributed by atoms with Crippen molar-refractivity contribution in [1.82, 2.24) is 5.43 Å². The summed E-state index contributed by atoms with van der Waals surface area (Å²) in [6, 6.07) is 4.57. The molecule has 0 saturated heterocycles. The van der Waals surface area contributed by atoms with Crippen molar-refractivity contribution >= 4 is 34.9 Å². The number of benzene rings is 1. The molecular weight excluding hydrogens is 356 g/mol. The fourth-order valence-corrected chi connectivity index (χ4v) is 3.16. The molecule has 0 fully saturated rings. The van der Waals surface area contributed by atoms with Crippen molar-refractivity contribution in [1.29, 1.82) is 0 Å². The molecule has 1 aliphatic rings. The van der Waals surface area contributed by atoms with Crippen LogP contribution in [0.25, 0.3) is 0 Å². The second kappa shape index (κ2) is 7.21. The Balaban J connectivity index is 1.89. The van der Waals surface area contributed by atoms with Crippen molar-refractivity contribution in [2.24, 2.45) is 10.8 Å². The van der Waals surface area contributed by atoms with E-state index in [9.17, 15) is 9.59 Å². The predicted molar refractivity (Wildman–Crippen MR) is 99.8 cm³/mol. The van der Waals surface area contributed by atoms with E-state index in [-0.39, 0.29) is 11.7 Å². The first-order chi connectivity index (χ1) is 12.4. The zero-order valence-electron chi connectivity index (χ0n) is 14.5. The van der Waals surface area contributed by atoms with E-state index < -0.39 is 6.03 Å². The van der Waals surface area contributed by atoms with Crippen LogP contribution in [-0.4, -0.2) is 17.6 Å². The third-order valence-electron chi connectivity index (χ3n) is 4.26. The van der Waals surface area contributed by atoms with Crippen molar-refractivity contribution in [3.63, 3.8) is 0 Å². The lowest BCUT2D eigenvalue weighted by molar-refractivity contribution is 0.0994. The van der Waals surface area contributed by atoms with E-state index in [1.807, 2.05) is 13.0 Å². The summed E-state index contributed by atoms with van der Waals surface area (Å²) >= 11 is 6.10. The van der Waals surface area contributed by atoms with Gasteiger partial charge in [0, 0.05) is 28.3 Å². The fraction of sp³-hybridized carbons (Fsp3) is 0.278. The Morgan fingerprint density at radius 2 is 2.04 bits per heavy atom. The molecule has 8 heteroatoms. The van der Waals surface area contributed by atoms with E-state index in [0.29, 0.717) is 40.6 Å². The quantitative estimate of drug-likeness (QED) is 0.715. The zero-order chi connectivity index (χ0) is 18.8. The second-order valence-corrected chi connectivity index (χ2v) is 6.57. The van der Waals surface area contributed by atoms with Crippen molar-refractivity contribution in [2.45, 2.75) is 33.1 Å². The molecule has 0 saturated carbocycles. The van der Waals surface area contributed by atoms with Crippen LogP contribution in [0.3, 0.4) is 0 Å². The Morgan fingerprint density at radius 1 is 1.27 bits per heavy atom. The SMILES string of the molecule is Cc1ccc(NC(=O)c2oc3c(c2C)/C(=N/NC(N)=O)CCC3)cc1Cl. The number of aryl methyl sites for hydroxylation is 2. The van der Waals surface area contributed by atoms with Gasteiger partial charge in [0.25, 0.3) is 5.91 Å². The molecule has 3 rings (SSSR count). The maximum absolute atomic E-state index is 12.6. The monoisotopic (exact) mass is 374 g/mol. The van der Waals surface area contributed by atoms with E-state index in [0.717, 1.165) is 17.5 Å². The van der Waals surface area contributed by atoms with Gasteiger partial charge < -0.3 is 15.5 Å². The standard InChI is InChI=1S/C18H19ClN4O3/c1-9-6-7-11(8-12(9)19)21-17(24)16-10(2)15-13(22-23-18(20)25)4-3-5-14(15)26-16/h6-8H,3-5H2,1-2H3,(H,21,24)(H3,20,23,25)/b22-13+. The number of rotatable bonds is 3. The number of halogens is 1. The van der Waals surface area contributed by atoms with Crippen LogP contribution >= 0.6 is 11.6 Å². The van der Waals surface area contributed by atoms with Gasteiger partial charge in [-0.25, -0.2) is 10.2 Å².